The molecule has 0 spiro atoms. The van der Waals surface area contributed by atoms with Crippen LogP contribution in [-0.4, -0.2) is 60.8 Å². The number of nitrogens with one attached hydrogen (secondary N) is 2. The van der Waals surface area contributed by atoms with Gasteiger partial charge in [-0.1, -0.05) is 6.07 Å². The van der Waals surface area contributed by atoms with Crippen LogP contribution in [0, 0.1) is 0 Å². The molecule has 9 nitrogen and oxygen atoms in total. The number of fused-ring (bicyclic) bond motifs is 2. The van der Waals surface area contributed by atoms with Gasteiger partial charge >= 0.3 is 0 Å². The Bertz CT molecular complexity index is 1250. The fourth-order valence-electron chi connectivity index (χ4n) is 3.80. The monoisotopic (exact) mass is 485 g/mol. The summed E-state index contributed by atoms with van der Waals surface area (Å²) in [5, 5.41) is 14.1. The van der Waals surface area contributed by atoms with Crippen molar-refractivity contribution in [3.8, 4) is 23.0 Å². The molecule has 0 aliphatic carbocycles. The summed E-state index contributed by atoms with van der Waals surface area (Å²) in [6.07, 6.45) is 0.706. The van der Waals surface area contributed by atoms with Crippen LogP contribution in [0.3, 0.4) is 0 Å². The fourth-order valence-corrected chi connectivity index (χ4v) is 4.06. The number of methoxy groups -OCH3 is 2. The van der Waals surface area contributed by atoms with Gasteiger partial charge in [0.25, 0.3) is 5.56 Å². The molecule has 3 aromatic rings. The average molecular weight is 486 g/mol. The maximum atomic E-state index is 12.7. The summed E-state index contributed by atoms with van der Waals surface area (Å²) >= 11 is 5.56. The number of hydrogen-bond donors (Lipinski definition) is 3. The molecule has 10 heteroatoms. The van der Waals surface area contributed by atoms with Gasteiger partial charge in [0.1, 0.15) is 0 Å². The van der Waals surface area contributed by atoms with E-state index in [1.165, 1.54) is 0 Å². The van der Waals surface area contributed by atoms with Crippen LogP contribution >= 0.6 is 12.2 Å². The zero-order chi connectivity index (χ0) is 24.1. The highest BCUT2D eigenvalue weighted by Crippen LogP contribution is 2.35. The summed E-state index contributed by atoms with van der Waals surface area (Å²) in [6, 6.07) is 11.2. The van der Waals surface area contributed by atoms with Gasteiger partial charge in [-0.3, -0.25) is 4.79 Å². The van der Waals surface area contributed by atoms with Crippen molar-refractivity contribution in [2.45, 2.75) is 13.0 Å². The molecule has 1 aromatic heterocycles. The number of nitrogens with zero attached hydrogens (tertiary/aromatic N) is 1. The summed E-state index contributed by atoms with van der Waals surface area (Å²) in [5.41, 5.74) is 2.04. The predicted molar refractivity (Wildman–Crippen MR) is 132 cm³/mol. The Morgan fingerprint density at radius 2 is 1.91 bits per heavy atom. The second-order valence-electron chi connectivity index (χ2n) is 7.73. The van der Waals surface area contributed by atoms with Gasteiger partial charge in [-0.2, -0.15) is 0 Å². The lowest BCUT2D eigenvalue weighted by atomic mass is 10.1. The number of benzene rings is 2. The van der Waals surface area contributed by atoms with Gasteiger partial charge < -0.3 is 39.3 Å². The molecule has 0 unspecified atom stereocenters. The van der Waals surface area contributed by atoms with E-state index in [0.717, 1.165) is 10.9 Å². The Morgan fingerprint density at radius 1 is 1.15 bits per heavy atom. The predicted octanol–water partition coefficient (Wildman–Crippen LogP) is 2.19. The minimum atomic E-state index is -0.220. The molecule has 0 amide bonds. The van der Waals surface area contributed by atoms with Crippen molar-refractivity contribution < 1.29 is 24.1 Å². The third-order valence-electron chi connectivity index (χ3n) is 5.57. The second kappa shape index (κ2) is 10.6. The first-order chi connectivity index (χ1) is 16.5. The lowest BCUT2D eigenvalue weighted by molar-refractivity contribution is 0.174. The highest BCUT2D eigenvalue weighted by atomic mass is 32.1. The molecule has 3 N–H and O–H groups in total. The van der Waals surface area contributed by atoms with Gasteiger partial charge in [0.15, 0.2) is 28.1 Å². The second-order valence-corrected chi connectivity index (χ2v) is 8.12. The number of pyridine rings is 1. The average Bonchev–Trinajstić information content (AvgIpc) is 3.29. The van der Waals surface area contributed by atoms with Crippen LogP contribution in [0.15, 0.2) is 41.2 Å². The minimum Gasteiger partial charge on any atom is -0.493 e. The van der Waals surface area contributed by atoms with Crippen molar-refractivity contribution in [1.29, 1.82) is 0 Å². The first-order valence-corrected chi connectivity index (χ1v) is 11.2. The largest absolute Gasteiger partial charge is 0.493 e. The van der Waals surface area contributed by atoms with E-state index < -0.39 is 0 Å². The first-order valence-electron chi connectivity index (χ1n) is 10.8. The Hall–Kier alpha value is -3.50. The molecule has 0 fully saturated rings. The van der Waals surface area contributed by atoms with Crippen LogP contribution in [0.4, 0.5) is 0 Å². The number of rotatable bonds is 9. The number of aliphatic hydroxyl groups excluding tert-OH is 1. The number of H-pyrrole nitrogens is 1. The standard InChI is InChI=1S/C24H27N3O6S/c1-30-19-4-3-15(9-20(19)31-2)5-6-25-24(34)27(7-8-28)13-17-10-16-11-21-22(33-14-32-21)12-18(16)26-23(17)29/h3-4,9-12,28H,5-8,13-14H2,1-2H3,(H,25,34)(H,26,29). The zero-order valence-electron chi connectivity index (χ0n) is 19.1. The zero-order valence-corrected chi connectivity index (χ0v) is 19.9. The van der Waals surface area contributed by atoms with Gasteiger partial charge in [-0.15, -0.1) is 0 Å². The molecule has 0 radical (unpaired) electrons. The molecule has 1 aliphatic rings. The normalized spacial score (nSPS) is 12.0. The summed E-state index contributed by atoms with van der Waals surface area (Å²) in [4.78, 5) is 17.4. The highest BCUT2D eigenvalue weighted by Gasteiger charge is 2.17. The molecule has 0 bridgehead atoms. The van der Waals surface area contributed by atoms with Gasteiger partial charge in [-0.25, -0.2) is 0 Å². The first kappa shape index (κ1) is 23.7. The number of thiocarbonyl (C=S) groups is 1. The van der Waals surface area contributed by atoms with Gasteiger partial charge in [0.2, 0.25) is 6.79 Å². The van der Waals surface area contributed by atoms with E-state index in [1.807, 2.05) is 30.3 Å². The highest BCUT2D eigenvalue weighted by molar-refractivity contribution is 7.80. The van der Waals surface area contributed by atoms with Crippen molar-refractivity contribution in [2.75, 3.05) is 40.7 Å². The van der Waals surface area contributed by atoms with Crippen LogP contribution in [0.25, 0.3) is 10.9 Å². The minimum absolute atomic E-state index is 0.0956. The quantitative estimate of drug-likeness (QED) is 0.393. The van der Waals surface area contributed by atoms with E-state index >= 15 is 0 Å². The summed E-state index contributed by atoms with van der Waals surface area (Å²) < 4.78 is 21.4. The SMILES string of the molecule is COc1ccc(CCNC(=S)N(CCO)Cc2cc3cc4c(cc3[nH]c2=O)OCO4)cc1OC. The molecule has 4 rings (SSSR count). The molecule has 2 heterocycles. The lowest BCUT2D eigenvalue weighted by Gasteiger charge is -2.25. The molecule has 0 atom stereocenters. The molecular weight excluding hydrogens is 458 g/mol. The van der Waals surface area contributed by atoms with Gasteiger partial charge in [0, 0.05) is 30.1 Å². The van der Waals surface area contributed by atoms with Crippen molar-refractivity contribution >= 4 is 28.2 Å². The smallest absolute Gasteiger partial charge is 0.253 e. The Kier molecular flexibility index (Phi) is 7.39. The molecule has 180 valence electrons. The number of aromatic amines is 1. The lowest BCUT2D eigenvalue weighted by Crippen LogP contribution is -2.42. The van der Waals surface area contributed by atoms with E-state index in [2.05, 4.69) is 10.3 Å². The summed E-state index contributed by atoms with van der Waals surface area (Å²) in [7, 11) is 3.20. The van der Waals surface area contributed by atoms with Crippen molar-refractivity contribution in [2.24, 2.45) is 0 Å². The number of aromatic nitrogens is 1. The van der Waals surface area contributed by atoms with Crippen molar-refractivity contribution in [3.63, 3.8) is 0 Å². The molecule has 0 saturated carbocycles. The van der Waals surface area contributed by atoms with Crippen LogP contribution in [0.1, 0.15) is 11.1 Å². The van der Waals surface area contributed by atoms with E-state index in [0.29, 0.717) is 58.7 Å². The van der Waals surface area contributed by atoms with Crippen molar-refractivity contribution in [3.05, 3.63) is 57.9 Å². The molecule has 0 saturated heterocycles. The van der Waals surface area contributed by atoms with E-state index in [1.54, 1.807) is 25.2 Å². The summed E-state index contributed by atoms with van der Waals surface area (Å²) in [6.45, 7) is 1.19. The van der Waals surface area contributed by atoms with Gasteiger partial charge in [0.05, 0.1) is 32.9 Å². The van der Waals surface area contributed by atoms with Gasteiger partial charge in [-0.05, 0) is 48.5 Å². The van der Waals surface area contributed by atoms with E-state index in [-0.39, 0.29) is 25.5 Å². The number of aliphatic hydroxyl groups is 1. The topological polar surface area (TPSA) is 105 Å². The Labute approximate surface area is 202 Å². The maximum absolute atomic E-state index is 12.7. The maximum Gasteiger partial charge on any atom is 0.253 e. The number of hydrogen-bond acceptors (Lipinski definition) is 7. The third kappa shape index (κ3) is 5.18. The van der Waals surface area contributed by atoms with E-state index in [9.17, 15) is 9.90 Å². The van der Waals surface area contributed by atoms with E-state index in [4.69, 9.17) is 31.2 Å². The number of ether oxygens (including phenoxy) is 4. The Balaban J connectivity index is 1.43. The summed E-state index contributed by atoms with van der Waals surface area (Å²) in [5.74, 6) is 2.60. The fraction of sp³-hybridized carbons (Fsp3) is 0.333. The van der Waals surface area contributed by atoms with Crippen LogP contribution in [0.5, 0.6) is 23.0 Å². The third-order valence-corrected chi connectivity index (χ3v) is 5.97. The molecule has 1 aliphatic heterocycles. The molecule has 34 heavy (non-hydrogen) atoms. The van der Waals surface area contributed by atoms with Crippen LogP contribution < -0.4 is 29.8 Å². The molecule has 2 aromatic carbocycles. The van der Waals surface area contributed by atoms with Crippen LogP contribution in [0.2, 0.25) is 0 Å². The van der Waals surface area contributed by atoms with Crippen molar-refractivity contribution in [1.82, 2.24) is 15.2 Å². The Morgan fingerprint density at radius 3 is 2.65 bits per heavy atom. The molecular formula is C24H27N3O6S. The van der Waals surface area contributed by atoms with Crippen LogP contribution in [-0.2, 0) is 13.0 Å².